The molecular weight excluding hydrogens is 428 g/mol. The Kier molecular flexibility index (Phi) is 4.79. The lowest BCUT2D eigenvalue weighted by molar-refractivity contribution is -0.111. The van der Waals surface area contributed by atoms with Crippen LogP contribution in [0, 0.1) is 11.8 Å². The summed E-state index contributed by atoms with van der Waals surface area (Å²) in [5.74, 6) is 2.72. The summed E-state index contributed by atoms with van der Waals surface area (Å²) < 4.78 is 7.73. The van der Waals surface area contributed by atoms with Crippen LogP contribution in [0.3, 0.4) is 0 Å². The maximum Gasteiger partial charge on any atom is 0.247 e. The van der Waals surface area contributed by atoms with Gasteiger partial charge in [-0.3, -0.25) is 4.79 Å². The topological polar surface area (TPSA) is 107 Å². The van der Waals surface area contributed by atoms with Crippen molar-refractivity contribution in [3.8, 4) is 28.1 Å². The number of nitrogen functional groups attached to an aromatic ring is 1. The summed E-state index contributed by atoms with van der Waals surface area (Å²) in [4.78, 5) is 15.8. The third-order valence-corrected chi connectivity index (χ3v) is 6.73. The van der Waals surface area contributed by atoms with Crippen molar-refractivity contribution < 1.29 is 9.53 Å². The highest BCUT2D eigenvalue weighted by Gasteiger charge is 2.46. The van der Waals surface area contributed by atoms with Crippen LogP contribution in [0.2, 0.25) is 0 Å². The molecule has 4 aromatic rings. The number of ether oxygens (including phenoxy) is 1. The van der Waals surface area contributed by atoms with Gasteiger partial charge in [-0.2, -0.15) is 0 Å². The van der Waals surface area contributed by atoms with Crippen molar-refractivity contribution in [3.63, 3.8) is 0 Å². The van der Waals surface area contributed by atoms with E-state index in [9.17, 15) is 4.79 Å². The predicted molar refractivity (Wildman–Crippen MR) is 130 cm³/mol. The van der Waals surface area contributed by atoms with E-state index in [-0.39, 0.29) is 5.91 Å². The van der Waals surface area contributed by atoms with Gasteiger partial charge >= 0.3 is 0 Å². The van der Waals surface area contributed by atoms with Crippen molar-refractivity contribution in [2.24, 2.45) is 11.8 Å². The average molecular weight is 453 g/mol. The minimum atomic E-state index is -0.263. The number of nitrogens with one attached hydrogen (secondary N) is 1. The van der Waals surface area contributed by atoms with E-state index in [1.165, 1.54) is 36.3 Å². The smallest absolute Gasteiger partial charge is 0.247 e. The van der Waals surface area contributed by atoms with Gasteiger partial charge in [0.2, 0.25) is 5.91 Å². The SMILES string of the molecule is C=CC(=O)Nc1ccc(-c2nn3ncnc(N)c3c2-c2ccc(OC3CC4CC4C3)cc2)cc1. The quantitative estimate of drug-likeness (QED) is 0.421. The molecule has 2 aromatic heterocycles. The number of rotatable bonds is 6. The molecule has 0 saturated heterocycles. The third-order valence-electron chi connectivity index (χ3n) is 6.73. The highest BCUT2D eigenvalue weighted by molar-refractivity contribution is 5.99. The molecule has 1 amide bonds. The first-order valence-electron chi connectivity index (χ1n) is 11.4. The summed E-state index contributed by atoms with van der Waals surface area (Å²) in [6.07, 6.45) is 6.66. The van der Waals surface area contributed by atoms with Gasteiger partial charge in [-0.15, -0.1) is 14.8 Å². The van der Waals surface area contributed by atoms with Gasteiger partial charge in [0.15, 0.2) is 5.82 Å². The van der Waals surface area contributed by atoms with Gasteiger partial charge in [-0.1, -0.05) is 30.8 Å². The second-order valence-corrected chi connectivity index (χ2v) is 8.97. The number of amides is 1. The average Bonchev–Trinajstić information content (AvgIpc) is 3.27. The predicted octanol–water partition coefficient (Wildman–Crippen LogP) is 4.34. The second-order valence-electron chi connectivity index (χ2n) is 8.97. The fourth-order valence-corrected chi connectivity index (χ4v) is 4.95. The van der Waals surface area contributed by atoms with Gasteiger partial charge in [0.05, 0.1) is 6.10 Å². The van der Waals surface area contributed by atoms with E-state index in [0.29, 0.717) is 23.1 Å². The fraction of sp³-hybridized carbons (Fsp3) is 0.231. The number of nitrogens with zero attached hydrogens (tertiary/aromatic N) is 4. The van der Waals surface area contributed by atoms with Crippen LogP contribution in [0.5, 0.6) is 5.75 Å². The zero-order valence-corrected chi connectivity index (χ0v) is 18.5. The summed E-state index contributed by atoms with van der Waals surface area (Å²) in [6, 6.07) is 15.5. The number of nitrogens with two attached hydrogens (primary N) is 1. The van der Waals surface area contributed by atoms with Crippen molar-refractivity contribution in [2.45, 2.75) is 25.4 Å². The van der Waals surface area contributed by atoms with Crippen LogP contribution < -0.4 is 15.8 Å². The molecule has 2 aliphatic carbocycles. The van der Waals surface area contributed by atoms with Crippen molar-refractivity contribution in [1.82, 2.24) is 19.8 Å². The van der Waals surface area contributed by atoms with Crippen molar-refractivity contribution in [3.05, 3.63) is 67.5 Å². The molecule has 0 radical (unpaired) electrons. The highest BCUT2D eigenvalue weighted by Crippen LogP contribution is 2.52. The first-order chi connectivity index (χ1) is 16.6. The van der Waals surface area contributed by atoms with E-state index < -0.39 is 0 Å². The van der Waals surface area contributed by atoms with Crippen LogP contribution in [-0.4, -0.2) is 31.8 Å². The molecule has 2 aromatic carbocycles. The van der Waals surface area contributed by atoms with Gasteiger partial charge < -0.3 is 15.8 Å². The van der Waals surface area contributed by atoms with Crippen LogP contribution >= 0.6 is 0 Å². The Morgan fingerprint density at radius 3 is 2.47 bits per heavy atom. The standard InChI is InChI=1S/C26H24N6O2/c1-2-22(33)30-19-7-3-16(4-8-19)24-23(25-26(27)28-14-29-32(25)31-24)15-5-9-20(10-6-15)34-21-12-17-11-18(17)13-21/h2-10,14,17-18,21H,1,11-13H2,(H,30,33)(H2,27,28,29). The summed E-state index contributed by atoms with van der Waals surface area (Å²) in [6.45, 7) is 3.48. The van der Waals surface area contributed by atoms with Crippen LogP contribution in [-0.2, 0) is 4.79 Å². The maximum absolute atomic E-state index is 11.6. The maximum atomic E-state index is 11.6. The molecule has 170 valence electrons. The molecule has 2 heterocycles. The van der Waals surface area contributed by atoms with Crippen LogP contribution in [0.15, 0.2) is 67.5 Å². The van der Waals surface area contributed by atoms with E-state index in [4.69, 9.17) is 15.6 Å². The zero-order valence-electron chi connectivity index (χ0n) is 18.5. The number of carbonyl (C=O) groups is 1. The summed E-state index contributed by atoms with van der Waals surface area (Å²) in [5, 5.41) is 11.7. The lowest BCUT2D eigenvalue weighted by atomic mass is 9.99. The normalized spacial score (nSPS) is 20.6. The number of carbonyl (C=O) groups excluding carboxylic acids is 1. The second kappa shape index (κ2) is 7.98. The molecule has 6 rings (SSSR count). The minimum Gasteiger partial charge on any atom is -0.490 e. The van der Waals surface area contributed by atoms with Crippen LogP contribution in [0.25, 0.3) is 27.9 Å². The molecule has 2 atom stereocenters. The Morgan fingerprint density at radius 1 is 1.06 bits per heavy atom. The van der Waals surface area contributed by atoms with Gasteiger partial charge in [0.1, 0.15) is 23.3 Å². The summed E-state index contributed by atoms with van der Waals surface area (Å²) in [5.41, 5.74) is 10.9. The Balaban J connectivity index is 1.36. The number of fused-ring (bicyclic) bond motifs is 2. The lowest BCUT2D eigenvalue weighted by Gasteiger charge is -2.15. The van der Waals surface area contributed by atoms with E-state index in [2.05, 4.69) is 22.0 Å². The van der Waals surface area contributed by atoms with E-state index >= 15 is 0 Å². The minimum absolute atomic E-state index is 0.263. The van der Waals surface area contributed by atoms with Gasteiger partial charge in [0.25, 0.3) is 0 Å². The van der Waals surface area contributed by atoms with Crippen molar-refractivity contribution in [1.29, 1.82) is 0 Å². The molecule has 8 heteroatoms. The molecule has 2 unspecified atom stereocenters. The molecule has 0 spiro atoms. The number of benzene rings is 2. The Hall–Kier alpha value is -4.20. The molecule has 3 N–H and O–H groups in total. The van der Waals surface area contributed by atoms with Crippen LogP contribution in [0.1, 0.15) is 19.3 Å². The molecule has 34 heavy (non-hydrogen) atoms. The Bertz CT molecular complexity index is 1380. The van der Waals surface area contributed by atoms with Crippen molar-refractivity contribution >= 4 is 22.9 Å². The van der Waals surface area contributed by atoms with Gasteiger partial charge in [0, 0.05) is 16.8 Å². The molecule has 0 aliphatic heterocycles. The lowest BCUT2D eigenvalue weighted by Crippen LogP contribution is -2.13. The first kappa shape index (κ1) is 20.4. The largest absolute Gasteiger partial charge is 0.490 e. The molecule has 2 saturated carbocycles. The summed E-state index contributed by atoms with van der Waals surface area (Å²) in [7, 11) is 0. The van der Waals surface area contributed by atoms with E-state index in [1.54, 1.807) is 0 Å². The first-order valence-corrected chi connectivity index (χ1v) is 11.4. The Morgan fingerprint density at radius 2 is 1.76 bits per heavy atom. The Labute approximate surface area is 196 Å². The molecule has 8 nitrogen and oxygen atoms in total. The van der Waals surface area contributed by atoms with Crippen LogP contribution in [0.4, 0.5) is 11.5 Å². The molecule has 2 fully saturated rings. The molecular formula is C26H24N6O2. The van der Waals surface area contributed by atoms with E-state index in [0.717, 1.165) is 40.0 Å². The number of hydrogen-bond acceptors (Lipinski definition) is 6. The van der Waals surface area contributed by atoms with Crippen molar-refractivity contribution in [2.75, 3.05) is 11.1 Å². The monoisotopic (exact) mass is 452 g/mol. The van der Waals surface area contributed by atoms with E-state index in [1.807, 2.05) is 48.5 Å². The number of aromatic nitrogens is 4. The number of hydrogen-bond donors (Lipinski definition) is 2. The molecule has 2 aliphatic rings. The zero-order chi connectivity index (χ0) is 23.2. The third kappa shape index (κ3) is 3.67. The highest BCUT2D eigenvalue weighted by atomic mass is 16.5. The summed E-state index contributed by atoms with van der Waals surface area (Å²) >= 11 is 0. The van der Waals surface area contributed by atoms with Gasteiger partial charge in [-0.05, 0) is 67.0 Å². The van der Waals surface area contributed by atoms with Gasteiger partial charge in [-0.25, -0.2) is 4.98 Å². The molecule has 0 bridgehead atoms. The fourth-order valence-electron chi connectivity index (χ4n) is 4.95. The number of anilines is 2.